The topological polar surface area (TPSA) is 47.3 Å². The third-order valence-corrected chi connectivity index (χ3v) is 4.28. The maximum Gasteiger partial charge on any atom is 0.118 e. The fraction of sp³-hybridized carbons (Fsp3) is 0.143. The van der Waals surface area contributed by atoms with Crippen LogP contribution in [-0.4, -0.2) is 7.11 Å². The molecule has 2 aromatic rings. The lowest BCUT2D eigenvalue weighted by Crippen LogP contribution is -2.29. The van der Waals surface area contributed by atoms with Crippen molar-refractivity contribution >= 4 is 38.5 Å². The number of nitrogens with two attached hydrogens (primary N) is 1. The molecule has 0 aliphatic rings. The van der Waals surface area contributed by atoms with Crippen LogP contribution in [0.4, 0.5) is 0 Å². The molecule has 0 spiro atoms. The van der Waals surface area contributed by atoms with Gasteiger partial charge >= 0.3 is 0 Å². The first-order valence-electron chi connectivity index (χ1n) is 5.70. The zero-order valence-electron chi connectivity index (χ0n) is 10.4. The van der Waals surface area contributed by atoms with Crippen molar-refractivity contribution in [2.75, 3.05) is 7.11 Å². The lowest BCUT2D eigenvalue weighted by molar-refractivity contribution is 0.414. The normalized spacial score (nSPS) is 12.2. The van der Waals surface area contributed by atoms with E-state index in [4.69, 9.17) is 10.6 Å². The summed E-state index contributed by atoms with van der Waals surface area (Å²) in [5.41, 5.74) is 5.07. The van der Waals surface area contributed by atoms with Crippen LogP contribution in [-0.2, 0) is 0 Å². The number of benzene rings is 2. The highest BCUT2D eigenvalue weighted by Crippen LogP contribution is 2.30. The Hall–Kier alpha value is -0.630. The number of ether oxygens (including phenoxy) is 1. The Morgan fingerprint density at radius 2 is 1.89 bits per heavy atom. The monoisotopic (exact) mass is 432 g/mol. The fourth-order valence-electron chi connectivity index (χ4n) is 1.90. The van der Waals surface area contributed by atoms with Gasteiger partial charge in [-0.15, -0.1) is 0 Å². The van der Waals surface area contributed by atoms with Crippen LogP contribution in [0, 0.1) is 3.57 Å². The van der Waals surface area contributed by atoms with Crippen LogP contribution in [0.5, 0.6) is 5.75 Å². The van der Waals surface area contributed by atoms with E-state index in [1.165, 1.54) is 3.57 Å². The molecule has 0 aliphatic heterocycles. The summed E-state index contributed by atoms with van der Waals surface area (Å²) in [5, 5.41) is 0. The summed E-state index contributed by atoms with van der Waals surface area (Å²) in [5.74, 6) is 6.56. The summed E-state index contributed by atoms with van der Waals surface area (Å²) in [7, 11) is 1.66. The highest BCUT2D eigenvalue weighted by Gasteiger charge is 2.15. The maximum atomic E-state index is 5.72. The van der Waals surface area contributed by atoms with Crippen molar-refractivity contribution in [1.29, 1.82) is 0 Å². The van der Waals surface area contributed by atoms with Gasteiger partial charge in [-0.3, -0.25) is 5.84 Å². The van der Waals surface area contributed by atoms with Crippen molar-refractivity contribution in [2.45, 2.75) is 6.04 Å². The standard InChI is InChI=1S/C14H14BrIN2O/c1-19-11-5-2-9(3-6-11)14(18-17)12-8-10(16)4-7-13(12)15/h2-8,14,18H,17H2,1H3. The Bertz CT molecular complexity index is 560. The molecule has 2 aromatic carbocycles. The van der Waals surface area contributed by atoms with Gasteiger partial charge < -0.3 is 4.74 Å². The summed E-state index contributed by atoms with van der Waals surface area (Å²) in [6.45, 7) is 0. The van der Waals surface area contributed by atoms with Crippen LogP contribution in [0.25, 0.3) is 0 Å². The van der Waals surface area contributed by atoms with Crippen LogP contribution in [0.2, 0.25) is 0 Å². The Balaban J connectivity index is 2.40. The van der Waals surface area contributed by atoms with Gasteiger partial charge in [0.2, 0.25) is 0 Å². The SMILES string of the molecule is COc1ccc(C(NN)c2cc(I)ccc2Br)cc1. The van der Waals surface area contributed by atoms with Gasteiger partial charge in [-0.25, -0.2) is 5.43 Å². The zero-order chi connectivity index (χ0) is 13.8. The van der Waals surface area contributed by atoms with Crippen LogP contribution in [0.1, 0.15) is 17.2 Å². The van der Waals surface area contributed by atoms with E-state index >= 15 is 0 Å². The van der Waals surface area contributed by atoms with Crippen LogP contribution in [0.15, 0.2) is 46.9 Å². The second-order valence-electron chi connectivity index (χ2n) is 4.04. The summed E-state index contributed by atoms with van der Waals surface area (Å²) >= 11 is 5.87. The summed E-state index contributed by atoms with van der Waals surface area (Å²) in [6.07, 6.45) is 0. The molecule has 1 unspecified atom stereocenters. The van der Waals surface area contributed by atoms with E-state index in [0.717, 1.165) is 21.3 Å². The molecule has 3 nitrogen and oxygen atoms in total. The van der Waals surface area contributed by atoms with Crippen molar-refractivity contribution in [2.24, 2.45) is 5.84 Å². The average molecular weight is 433 g/mol. The molecule has 0 bridgehead atoms. The smallest absolute Gasteiger partial charge is 0.118 e. The average Bonchev–Trinajstić information content (AvgIpc) is 2.44. The van der Waals surface area contributed by atoms with Gasteiger partial charge in [-0.2, -0.15) is 0 Å². The van der Waals surface area contributed by atoms with E-state index in [1.807, 2.05) is 30.3 Å². The first-order chi connectivity index (χ1) is 9.15. The lowest BCUT2D eigenvalue weighted by atomic mass is 9.99. The third kappa shape index (κ3) is 3.47. The molecule has 0 saturated carbocycles. The number of hydrogen-bond donors (Lipinski definition) is 2. The molecule has 0 aliphatic carbocycles. The predicted octanol–water partition coefficient (Wildman–Crippen LogP) is 3.62. The van der Waals surface area contributed by atoms with Crippen molar-refractivity contribution in [3.05, 3.63) is 61.6 Å². The molecule has 0 radical (unpaired) electrons. The van der Waals surface area contributed by atoms with E-state index in [-0.39, 0.29) is 6.04 Å². The molecule has 0 fully saturated rings. The van der Waals surface area contributed by atoms with Gasteiger partial charge in [0.1, 0.15) is 5.75 Å². The van der Waals surface area contributed by atoms with Crippen LogP contribution in [0.3, 0.4) is 0 Å². The van der Waals surface area contributed by atoms with Crippen molar-refractivity contribution in [3.63, 3.8) is 0 Å². The molecule has 19 heavy (non-hydrogen) atoms. The van der Waals surface area contributed by atoms with E-state index < -0.39 is 0 Å². The molecule has 0 heterocycles. The summed E-state index contributed by atoms with van der Waals surface area (Å²) < 4.78 is 7.37. The molecular weight excluding hydrogens is 419 g/mol. The third-order valence-electron chi connectivity index (χ3n) is 2.88. The number of halogens is 2. The zero-order valence-corrected chi connectivity index (χ0v) is 14.1. The van der Waals surface area contributed by atoms with Crippen molar-refractivity contribution in [3.8, 4) is 5.75 Å². The largest absolute Gasteiger partial charge is 0.497 e. The predicted molar refractivity (Wildman–Crippen MR) is 89.0 cm³/mol. The molecule has 5 heteroatoms. The molecule has 0 aromatic heterocycles. The van der Waals surface area contributed by atoms with Gasteiger partial charge in [0.05, 0.1) is 13.2 Å². The van der Waals surface area contributed by atoms with Gasteiger partial charge in [0, 0.05) is 8.04 Å². The minimum atomic E-state index is -0.0602. The number of rotatable bonds is 4. The van der Waals surface area contributed by atoms with E-state index in [2.05, 4.69) is 56.1 Å². The molecule has 0 amide bonds. The van der Waals surface area contributed by atoms with E-state index in [1.54, 1.807) is 7.11 Å². The minimum Gasteiger partial charge on any atom is -0.497 e. The quantitative estimate of drug-likeness (QED) is 0.440. The Morgan fingerprint density at radius 1 is 1.21 bits per heavy atom. The van der Waals surface area contributed by atoms with Gasteiger partial charge in [-0.05, 0) is 64.0 Å². The molecule has 2 rings (SSSR count). The summed E-state index contributed by atoms with van der Waals surface area (Å²) in [6, 6.07) is 14.0. The minimum absolute atomic E-state index is 0.0602. The Morgan fingerprint density at radius 3 is 2.47 bits per heavy atom. The highest BCUT2D eigenvalue weighted by molar-refractivity contribution is 14.1. The molecule has 100 valence electrons. The molecule has 1 atom stereocenters. The van der Waals surface area contributed by atoms with Crippen molar-refractivity contribution in [1.82, 2.24) is 5.43 Å². The van der Waals surface area contributed by atoms with Gasteiger partial charge in [-0.1, -0.05) is 28.1 Å². The molecule has 0 saturated heterocycles. The Labute approximate surface area is 134 Å². The first kappa shape index (κ1) is 14.8. The summed E-state index contributed by atoms with van der Waals surface area (Å²) in [4.78, 5) is 0. The highest BCUT2D eigenvalue weighted by atomic mass is 127. The number of methoxy groups -OCH3 is 1. The maximum absolute atomic E-state index is 5.72. The van der Waals surface area contributed by atoms with E-state index in [0.29, 0.717) is 0 Å². The lowest BCUT2D eigenvalue weighted by Gasteiger charge is -2.19. The number of hydrazine groups is 1. The fourth-order valence-corrected chi connectivity index (χ4v) is 2.89. The second-order valence-corrected chi connectivity index (χ2v) is 6.14. The second kappa shape index (κ2) is 6.69. The Kier molecular flexibility index (Phi) is 5.20. The molecular formula is C14H14BrIN2O. The molecule has 3 N–H and O–H groups in total. The first-order valence-corrected chi connectivity index (χ1v) is 7.58. The van der Waals surface area contributed by atoms with Crippen LogP contribution < -0.4 is 16.0 Å². The van der Waals surface area contributed by atoms with Crippen LogP contribution >= 0.6 is 38.5 Å². The number of hydrogen-bond acceptors (Lipinski definition) is 3. The number of nitrogens with one attached hydrogen (secondary N) is 1. The van der Waals surface area contributed by atoms with Crippen molar-refractivity contribution < 1.29 is 4.74 Å². The van der Waals surface area contributed by atoms with E-state index in [9.17, 15) is 0 Å². The van der Waals surface area contributed by atoms with Gasteiger partial charge in [0.15, 0.2) is 0 Å². The van der Waals surface area contributed by atoms with Gasteiger partial charge in [0.25, 0.3) is 0 Å².